The Morgan fingerprint density at radius 3 is 2.46 bits per heavy atom. The van der Waals surface area contributed by atoms with Crippen LogP contribution in [-0.2, 0) is 22.7 Å². The van der Waals surface area contributed by atoms with Gasteiger partial charge in [0.1, 0.15) is 30.8 Å². The van der Waals surface area contributed by atoms with Crippen LogP contribution >= 0.6 is 0 Å². The summed E-state index contributed by atoms with van der Waals surface area (Å²) in [5, 5.41) is 37.0. The van der Waals surface area contributed by atoms with Gasteiger partial charge in [-0.05, 0) is 107 Å². The molecule has 5 aromatic carbocycles. The highest BCUT2D eigenvalue weighted by atomic mass is 16.7. The molecule has 2 aliphatic carbocycles. The molecule has 0 aromatic heterocycles. The molecule has 2 N–H and O–H groups in total. The van der Waals surface area contributed by atoms with Gasteiger partial charge in [-0.15, -0.1) is 6.58 Å². The number of nitrogens with zero attached hydrogens (tertiary/aromatic N) is 4. The van der Waals surface area contributed by atoms with Crippen LogP contribution in [0.25, 0.3) is 10.8 Å². The molecular formula is C57H62N4O7. The van der Waals surface area contributed by atoms with Gasteiger partial charge in [0, 0.05) is 62.9 Å². The van der Waals surface area contributed by atoms with Gasteiger partial charge < -0.3 is 34.2 Å². The maximum atomic E-state index is 15.7. The van der Waals surface area contributed by atoms with Crippen LogP contribution in [-0.4, -0.2) is 89.5 Å². The fourth-order valence-electron chi connectivity index (χ4n) is 10.9. The summed E-state index contributed by atoms with van der Waals surface area (Å²) in [6.07, 6.45) is 8.98. The smallest absolute Gasteiger partial charge is 0.254 e. The van der Waals surface area contributed by atoms with Crippen molar-refractivity contribution in [2.75, 3.05) is 46.1 Å². The third-order valence-electron chi connectivity index (χ3n) is 14.2. The average Bonchev–Trinajstić information content (AvgIpc) is 4.21. The molecule has 11 nitrogen and oxygen atoms in total. The molecule has 6 unspecified atom stereocenters. The number of amides is 1. The Kier molecular flexibility index (Phi) is 15.0. The van der Waals surface area contributed by atoms with Crippen LogP contribution in [0.4, 0.5) is 0 Å². The monoisotopic (exact) mass is 914 g/mol. The number of carbonyl (C=O) groups is 1. The molecule has 2 heterocycles. The number of oxime groups is 1. The molecule has 4 aliphatic rings. The zero-order chi connectivity index (χ0) is 46.9. The van der Waals surface area contributed by atoms with Crippen molar-refractivity contribution in [3.05, 3.63) is 167 Å². The summed E-state index contributed by atoms with van der Waals surface area (Å²) in [5.74, 6) is -0.840. The molecule has 0 spiro atoms. The van der Waals surface area contributed by atoms with Crippen molar-refractivity contribution in [2.45, 2.75) is 75.8 Å². The average molecular weight is 915 g/mol. The second kappa shape index (κ2) is 21.8. The van der Waals surface area contributed by atoms with Gasteiger partial charge in [-0.2, -0.15) is 5.26 Å². The Morgan fingerprint density at radius 2 is 1.69 bits per heavy atom. The molecule has 68 heavy (non-hydrogen) atoms. The quantitative estimate of drug-likeness (QED) is 0.0301. The lowest BCUT2D eigenvalue weighted by atomic mass is 9.55. The topological polar surface area (TPSA) is 137 Å². The van der Waals surface area contributed by atoms with E-state index in [1.165, 1.54) is 0 Å². The first kappa shape index (κ1) is 46.8. The van der Waals surface area contributed by atoms with E-state index in [1.54, 1.807) is 30.3 Å². The molecular weight excluding hydrogens is 853 g/mol. The number of fused-ring (bicyclic) bond motifs is 3. The summed E-state index contributed by atoms with van der Waals surface area (Å²) >= 11 is 0. The summed E-state index contributed by atoms with van der Waals surface area (Å²) in [5.41, 5.74) is 5.50. The van der Waals surface area contributed by atoms with Crippen LogP contribution in [0.15, 0.2) is 145 Å². The second-order valence-corrected chi connectivity index (χ2v) is 18.5. The Balaban J connectivity index is 1.26. The number of hydrogen-bond donors (Lipinski definition) is 2. The molecule has 1 saturated carbocycles. The van der Waals surface area contributed by atoms with E-state index in [0.717, 1.165) is 84.1 Å². The fourth-order valence-corrected chi connectivity index (χ4v) is 10.9. The Labute approximate surface area is 399 Å². The molecule has 5 aromatic rings. The third kappa shape index (κ3) is 10.1. The zero-order valence-corrected chi connectivity index (χ0v) is 38.8. The van der Waals surface area contributed by atoms with Crippen molar-refractivity contribution in [1.29, 1.82) is 5.26 Å². The lowest BCUT2D eigenvalue weighted by Crippen LogP contribution is -2.70. The van der Waals surface area contributed by atoms with Crippen LogP contribution in [0.2, 0.25) is 0 Å². The number of unbranched alkanes of at least 4 members (excludes halogenated alkanes) is 2. The number of aliphatic hydroxyl groups excluding tert-OH is 2. The summed E-state index contributed by atoms with van der Waals surface area (Å²) in [6, 6.07) is 38.7. The fraction of sp³-hybridized carbons (Fsp3) is 0.386. The number of benzene rings is 5. The predicted octanol–water partition coefficient (Wildman–Crippen LogP) is 9.58. The van der Waals surface area contributed by atoms with E-state index < -0.39 is 17.7 Å². The van der Waals surface area contributed by atoms with E-state index in [4.69, 9.17) is 24.2 Å². The van der Waals surface area contributed by atoms with Crippen molar-refractivity contribution in [3.63, 3.8) is 0 Å². The molecule has 1 amide bonds. The summed E-state index contributed by atoms with van der Waals surface area (Å²) < 4.78 is 21.3. The number of aliphatic hydroxyl groups is 2. The zero-order valence-electron chi connectivity index (χ0n) is 38.8. The lowest BCUT2D eigenvalue weighted by molar-refractivity contribution is -0.255. The van der Waals surface area contributed by atoms with Crippen molar-refractivity contribution in [3.8, 4) is 17.6 Å². The van der Waals surface area contributed by atoms with Crippen molar-refractivity contribution >= 4 is 22.4 Å². The van der Waals surface area contributed by atoms with Crippen LogP contribution in [0, 0.1) is 29.1 Å². The van der Waals surface area contributed by atoms with E-state index in [2.05, 4.69) is 54.0 Å². The SMILES string of the molecule is C=CCOC12Oc3ccc(OCCN4CC4)cc3C3C(CCCCO)C(CCCCO)C=C(C(=NOCc4ccccc4)CC1N(Cc1cccc4ccccc14)C(=O)c1ccc(C#N)cc1)C32. The molecule has 9 rings (SSSR count). The van der Waals surface area contributed by atoms with Gasteiger partial charge in [0.25, 0.3) is 5.91 Å². The number of nitriles is 1. The molecule has 11 heteroatoms. The van der Waals surface area contributed by atoms with Gasteiger partial charge in [0.15, 0.2) is 0 Å². The van der Waals surface area contributed by atoms with Gasteiger partial charge >= 0.3 is 0 Å². The minimum atomic E-state index is -1.46. The standard InChI is InChI=1S/C57H62N4O7/c1-2-32-66-57-53(61(56(64)43-23-21-40(37-58)22-24-43)38-45-18-12-17-42-15-6-7-19-47(42)45)36-51(59-67-39-41-13-4-3-5-14-41)49-34-44(16-8-10-30-62)48(20-9-11-31-63)54(55(49)57)50-35-46(25-26-52(50)68-57)65-33-29-60-27-28-60/h2-7,12-15,17-19,21-26,34-35,44,48,53-55,62-63H,1,8-11,16,20,27-33,36,38-39H2. The van der Waals surface area contributed by atoms with Crippen LogP contribution < -0.4 is 9.47 Å². The first-order valence-electron chi connectivity index (χ1n) is 24.3. The van der Waals surface area contributed by atoms with E-state index in [-0.39, 0.29) is 63.1 Å². The summed E-state index contributed by atoms with van der Waals surface area (Å²) in [7, 11) is 0. The van der Waals surface area contributed by atoms with E-state index in [9.17, 15) is 15.5 Å². The highest BCUT2D eigenvalue weighted by Gasteiger charge is 2.65. The maximum Gasteiger partial charge on any atom is 0.254 e. The highest BCUT2D eigenvalue weighted by Crippen LogP contribution is 2.62. The number of hydrogen-bond acceptors (Lipinski definition) is 10. The van der Waals surface area contributed by atoms with E-state index in [0.29, 0.717) is 42.0 Å². The van der Waals surface area contributed by atoms with Crippen molar-refractivity contribution in [1.82, 2.24) is 9.80 Å². The molecule has 1 saturated heterocycles. The highest BCUT2D eigenvalue weighted by molar-refractivity contribution is 6.03. The first-order chi connectivity index (χ1) is 33.4. The molecule has 2 fully saturated rings. The Bertz CT molecular complexity index is 2640. The van der Waals surface area contributed by atoms with Gasteiger partial charge in [0.05, 0.1) is 29.9 Å². The number of rotatable bonds is 22. The van der Waals surface area contributed by atoms with Crippen molar-refractivity contribution < 1.29 is 34.1 Å². The first-order valence-corrected chi connectivity index (χ1v) is 24.3. The van der Waals surface area contributed by atoms with E-state index in [1.807, 2.05) is 65.6 Å². The third-order valence-corrected chi connectivity index (χ3v) is 14.2. The molecule has 0 bridgehead atoms. The number of carbonyl (C=O) groups excluding carboxylic acids is 1. The molecule has 0 radical (unpaired) electrons. The molecule has 2 aliphatic heterocycles. The minimum absolute atomic E-state index is 0.0576. The minimum Gasteiger partial charge on any atom is -0.492 e. The van der Waals surface area contributed by atoms with Gasteiger partial charge in [0.2, 0.25) is 5.79 Å². The second-order valence-electron chi connectivity index (χ2n) is 18.5. The van der Waals surface area contributed by atoms with Crippen molar-refractivity contribution in [2.24, 2.45) is 22.9 Å². The number of allylic oxidation sites excluding steroid dienone is 1. The normalized spacial score (nSPS) is 23.1. The Hall–Kier alpha value is -6.29. The van der Waals surface area contributed by atoms with Gasteiger partial charge in [-0.1, -0.05) is 103 Å². The molecule has 352 valence electrons. The van der Waals surface area contributed by atoms with E-state index >= 15 is 4.79 Å². The number of ether oxygens (including phenoxy) is 3. The summed E-state index contributed by atoms with van der Waals surface area (Å²) in [6.45, 7) is 8.51. The predicted molar refractivity (Wildman–Crippen MR) is 263 cm³/mol. The summed E-state index contributed by atoms with van der Waals surface area (Å²) in [4.78, 5) is 26.3. The van der Waals surface area contributed by atoms with Crippen LogP contribution in [0.1, 0.15) is 83.5 Å². The van der Waals surface area contributed by atoms with Gasteiger partial charge in [-0.3, -0.25) is 9.69 Å². The lowest BCUT2D eigenvalue weighted by Gasteiger charge is -2.60. The largest absolute Gasteiger partial charge is 0.492 e. The molecule has 6 atom stereocenters. The maximum absolute atomic E-state index is 15.7. The van der Waals surface area contributed by atoms with Crippen LogP contribution in [0.3, 0.4) is 0 Å². The van der Waals surface area contributed by atoms with Gasteiger partial charge in [-0.25, -0.2) is 0 Å². The Morgan fingerprint density at radius 1 is 0.926 bits per heavy atom. The van der Waals surface area contributed by atoms with Crippen LogP contribution in [0.5, 0.6) is 11.5 Å².